The third kappa shape index (κ3) is 77.9. The molecule has 0 spiro atoms. The van der Waals surface area contributed by atoms with Crippen LogP contribution in [0.4, 0.5) is 0 Å². The molecule has 97 heavy (non-hydrogen) atoms. The van der Waals surface area contributed by atoms with E-state index in [1.54, 1.807) is 0 Å². The fourth-order valence-corrected chi connectivity index (χ4v) is 10.6. The molecule has 550 valence electrons. The monoisotopic (exact) mass is 1350 g/mol. The maximum Gasteiger partial charge on any atom is 0.361 e. The largest absolute Gasteiger partial charge is 0.477 e. The Labute approximate surface area is 597 Å². The van der Waals surface area contributed by atoms with E-state index in [1.165, 1.54) is 141 Å². The summed E-state index contributed by atoms with van der Waals surface area (Å²) in [5, 5.41) is 9.77. The van der Waals surface area contributed by atoms with Gasteiger partial charge in [0, 0.05) is 12.8 Å². The molecule has 9 heteroatoms. The Morgan fingerprint density at radius 3 is 0.825 bits per heavy atom. The van der Waals surface area contributed by atoms with E-state index in [4.69, 9.17) is 18.9 Å². The maximum absolute atomic E-state index is 13.0. The van der Waals surface area contributed by atoms with Gasteiger partial charge in [-0.3, -0.25) is 9.59 Å². The van der Waals surface area contributed by atoms with Crippen LogP contribution >= 0.6 is 0 Å². The molecule has 0 aromatic rings. The lowest BCUT2D eigenvalue weighted by Gasteiger charge is -2.25. The number of ether oxygens (including phenoxy) is 4. The van der Waals surface area contributed by atoms with Gasteiger partial charge >= 0.3 is 17.9 Å². The number of allylic oxidation sites excluding steroid dienone is 28. The molecule has 0 aliphatic rings. The van der Waals surface area contributed by atoms with Crippen molar-refractivity contribution in [3.8, 4) is 0 Å². The van der Waals surface area contributed by atoms with Gasteiger partial charge in [0.2, 0.25) is 0 Å². The second-order valence-electron chi connectivity index (χ2n) is 26.9. The smallest absolute Gasteiger partial charge is 0.361 e. The van der Waals surface area contributed by atoms with Gasteiger partial charge in [0.1, 0.15) is 13.2 Å². The molecule has 0 fully saturated rings. The fourth-order valence-electron chi connectivity index (χ4n) is 10.6. The summed E-state index contributed by atoms with van der Waals surface area (Å²) in [6.07, 6.45) is 112. The quantitative estimate of drug-likeness (QED) is 0.0211. The number of quaternary nitrogens is 1. The van der Waals surface area contributed by atoms with Gasteiger partial charge in [-0.25, -0.2) is 4.79 Å². The Balaban J connectivity index is 4.10. The summed E-state index contributed by atoms with van der Waals surface area (Å²) in [6.45, 7) is 4.64. The molecule has 0 heterocycles. The highest BCUT2D eigenvalue weighted by Gasteiger charge is 2.25. The Kier molecular flexibility index (Phi) is 72.2. The lowest BCUT2D eigenvalue weighted by Crippen LogP contribution is -2.40. The van der Waals surface area contributed by atoms with Gasteiger partial charge in [-0.15, -0.1) is 0 Å². The Morgan fingerprint density at radius 2 is 0.557 bits per heavy atom. The highest BCUT2D eigenvalue weighted by Crippen LogP contribution is 2.18. The number of aliphatic carboxylic acids is 1. The number of likely N-dealkylation sites (N-methyl/N-ethyl adjacent to an activating group) is 1. The van der Waals surface area contributed by atoms with Crippen molar-refractivity contribution in [2.75, 3.05) is 47.5 Å². The van der Waals surface area contributed by atoms with Crippen molar-refractivity contribution in [2.45, 2.75) is 322 Å². The summed E-state index contributed by atoms with van der Waals surface area (Å²) >= 11 is 0. The maximum atomic E-state index is 13.0. The number of hydrogen-bond acceptors (Lipinski definition) is 7. The summed E-state index contributed by atoms with van der Waals surface area (Å²) in [6, 6.07) is 0. The minimum absolute atomic E-state index is 0.179. The summed E-state index contributed by atoms with van der Waals surface area (Å²) in [4.78, 5) is 37.7. The number of carbonyl (C=O) groups is 3. The van der Waals surface area contributed by atoms with Crippen molar-refractivity contribution in [1.29, 1.82) is 0 Å². The van der Waals surface area contributed by atoms with Crippen molar-refractivity contribution < 1.29 is 42.9 Å². The average Bonchev–Trinajstić information content (AvgIpc) is 3.74. The number of esters is 2. The van der Waals surface area contributed by atoms with E-state index in [9.17, 15) is 19.5 Å². The minimum Gasteiger partial charge on any atom is -0.477 e. The Bertz CT molecular complexity index is 2210. The topological polar surface area (TPSA) is 108 Å². The number of hydrogen-bond donors (Lipinski definition) is 1. The molecule has 2 atom stereocenters. The van der Waals surface area contributed by atoms with Gasteiger partial charge in [-0.2, -0.15) is 0 Å². The van der Waals surface area contributed by atoms with E-state index in [2.05, 4.69) is 184 Å². The average molecular weight is 1350 g/mol. The number of carboxylic acids is 1. The molecule has 0 aliphatic heterocycles. The zero-order valence-corrected chi connectivity index (χ0v) is 62.9. The first-order valence-electron chi connectivity index (χ1n) is 39.3. The molecule has 0 aromatic carbocycles. The molecule has 0 aliphatic carbocycles. The number of carbonyl (C=O) groups excluding carboxylic acids is 2. The van der Waals surface area contributed by atoms with Crippen molar-refractivity contribution in [2.24, 2.45) is 0 Å². The van der Waals surface area contributed by atoms with E-state index >= 15 is 0 Å². The molecule has 0 amide bonds. The van der Waals surface area contributed by atoms with E-state index in [0.717, 1.165) is 135 Å². The molecule has 0 saturated heterocycles. The highest BCUT2D eigenvalue weighted by molar-refractivity contribution is 5.71. The van der Waals surface area contributed by atoms with E-state index in [-0.39, 0.29) is 32.2 Å². The predicted molar refractivity (Wildman–Crippen MR) is 419 cm³/mol. The van der Waals surface area contributed by atoms with Crippen LogP contribution in [0.15, 0.2) is 170 Å². The molecular weight excluding hydrogens is 1200 g/mol. The van der Waals surface area contributed by atoms with Gasteiger partial charge in [0.05, 0.1) is 34.4 Å². The molecule has 0 rings (SSSR count). The summed E-state index contributed by atoms with van der Waals surface area (Å²) < 4.78 is 23.0. The predicted octanol–water partition coefficient (Wildman–Crippen LogP) is 25.4. The number of nitrogens with zero attached hydrogens (tertiary/aromatic N) is 1. The van der Waals surface area contributed by atoms with Crippen molar-refractivity contribution in [3.63, 3.8) is 0 Å². The second-order valence-corrected chi connectivity index (χ2v) is 26.9. The van der Waals surface area contributed by atoms with Gasteiger partial charge in [-0.1, -0.05) is 338 Å². The van der Waals surface area contributed by atoms with Crippen molar-refractivity contribution in [1.82, 2.24) is 0 Å². The van der Waals surface area contributed by atoms with Crippen LogP contribution in [0.3, 0.4) is 0 Å². The SMILES string of the molecule is CC/C=C\C/C=C\C/C=C\C/C=C\C/C=C\C/C=C\C/C=C\C/C=C\C/C=C\CCCCCCCCCC(=O)OC(COC(=O)CCCCCCCCCCCCCCCCCCCCCCC/C=C\C/C=C\C/C=C\C/C=C\C/C=C\CC)COC(OCC[N+](C)(C)C)C(=O)O. The zero-order valence-electron chi connectivity index (χ0n) is 62.9. The molecule has 0 bridgehead atoms. The summed E-state index contributed by atoms with van der Waals surface area (Å²) in [7, 11) is 5.97. The molecule has 1 N–H and O–H groups in total. The van der Waals surface area contributed by atoms with Crippen LogP contribution in [-0.2, 0) is 33.3 Å². The van der Waals surface area contributed by atoms with E-state index < -0.39 is 24.3 Å². The van der Waals surface area contributed by atoms with Gasteiger partial charge in [0.25, 0.3) is 6.29 Å². The number of rotatable bonds is 71. The first-order chi connectivity index (χ1) is 47.6. The van der Waals surface area contributed by atoms with Gasteiger partial charge in [0.15, 0.2) is 6.10 Å². The van der Waals surface area contributed by atoms with Gasteiger partial charge in [-0.05, 0) is 128 Å². The lowest BCUT2D eigenvalue weighted by atomic mass is 10.0. The van der Waals surface area contributed by atoms with Crippen molar-refractivity contribution >= 4 is 17.9 Å². The molecule has 0 radical (unpaired) electrons. The standard InChI is InChI=1S/C88H145NO8/c1-6-8-10-12-14-16-18-20-22-24-26-28-30-32-34-36-38-40-42-43-45-46-48-50-52-54-56-58-60-62-64-66-68-70-72-74-76-78-85(90)95-82-84(83-96-88(87(92)93)94-81-80-89(3,4)5)97-86(91)79-77-75-73-71-69-67-65-63-61-59-57-55-53-51-49-47-44-41-39-37-35-33-31-29-27-25-23-21-19-17-15-13-11-9-7-2/h8-11,14-17,20-23,26-29,32-35,39,41,47,49,53,55,59,61,84,88H,6-7,12-13,18-19,24-25,30-31,36-38,40,42-46,48,50-52,54,56-58,60,62-83H2,1-5H3/p+1/b10-8-,11-9-,16-14-,17-15-,22-20-,23-21-,28-26-,29-27-,34-32-,35-33-,41-39-,49-47-,55-53-,61-59-. The van der Waals surface area contributed by atoms with Crippen LogP contribution in [0.5, 0.6) is 0 Å². The van der Waals surface area contributed by atoms with Gasteiger partial charge < -0.3 is 28.5 Å². The number of unbranched alkanes of at least 4 members (excludes halogenated alkanes) is 28. The molecule has 2 unspecified atom stereocenters. The second kappa shape index (κ2) is 76.4. The Hall–Kier alpha value is -5.35. The number of carboxylic acid groups (broad SMARTS) is 1. The van der Waals surface area contributed by atoms with E-state index in [1.807, 2.05) is 21.1 Å². The molecule has 0 aromatic heterocycles. The molecular formula is C88H146NO8+. The minimum atomic E-state index is -1.52. The third-order valence-corrected chi connectivity index (χ3v) is 16.5. The zero-order chi connectivity index (χ0) is 70.4. The fraction of sp³-hybridized carbons (Fsp3) is 0.648. The van der Waals surface area contributed by atoms with Crippen LogP contribution in [-0.4, -0.2) is 87.4 Å². The van der Waals surface area contributed by atoms with Crippen LogP contribution in [0.1, 0.15) is 309 Å². The van der Waals surface area contributed by atoms with Crippen LogP contribution in [0.25, 0.3) is 0 Å². The van der Waals surface area contributed by atoms with Crippen LogP contribution < -0.4 is 0 Å². The lowest BCUT2D eigenvalue weighted by molar-refractivity contribution is -0.870. The first kappa shape index (κ1) is 91.6. The third-order valence-electron chi connectivity index (χ3n) is 16.5. The first-order valence-corrected chi connectivity index (χ1v) is 39.3. The van der Waals surface area contributed by atoms with Crippen molar-refractivity contribution in [3.05, 3.63) is 170 Å². The normalized spacial score (nSPS) is 13.6. The summed E-state index contributed by atoms with van der Waals surface area (Å²) in [5.41, 5.74) is 0. The summed E-state index contributed by atoms with van der Waals surface area (Å²) in [5.74, 6) is -2.02. The molecule has 0 saturated carbocycles. The highest BCUT2D eigenvalue weighted by atomic mass is 16.7. The Morgan fingerprint density at radius 1 is 0.309 bits per heavy atom. The van der Waals surface area contributed by atoms with Crippen LogP contribution in [0, 0.1) is 0 Å². The van der Waals surface area contributed by atoms with Crippen LogP contribution in [0.2, 0.25) is 0 Å². The van der Waals surface area contributed by atoms with E-state index in [0.29, 0.717) is 23.9 Å². The molecule has 9 nitrogen and oxygen atoms in total.